The van der Waals surface area contributed by atoms with Crippen molar-refractivity contribution in [3.63, 3.8) is 0 Å². The van der Waals surface area contributed by atoms with Crippen LogP contribution in [0.5, 0.6) is 0 Å². The molecule has 4 nitrogen and oxygen atoms in total. The first-order chi connectivity index (χ1) is 6.24. The summed E-state index contributed by atoms with van der Waals surface area (Å²) in [6.45, 7) is 0. The Hall–Kier alpha value is -1.29. The third kappa shape index (κ3) is 1.33. The lowest BCUT2D eigenvalue weighted by molar-refractivity contribution is 0.169. The summed E-state index contributed by atoms with van der Waals surface area (Å²) >= 11 is 0. The van der Waals surface area contributed by atoms with Gasteiger partial charge in [-0.15, -0.1) is 0 Å². The fraction of sp³-hybridized carbons (Fsp3) is 0.444. The van der Waals surface area contributed by atoms with Gasteiger partial charge in [-0.1, -0.05) is 0 Å². The quantitative estimate of drug-likeness (QED) is 0.671. The topological polar surface area (TPSA) is 55.0 Å². The Labute approximate surface area is 75.9 Å². The zero-order chi connectivity index (χ0) is 9.42. The van der Waals surface area contributed by atoms with Gasteiger partial charge in [0.25, 0.3) is 5.56 Å². The molecule has 1 aromatic heterocycles. The Kier molecular flexibility index (Phi) is 1.84. The summed E-state index contributed by atoms with van der Waals surface area (Å²) in [4.78, 5) is 11.4. The maximum absolute atomic E-state index is 11.4. The average molecular weight is 179 g/mol. The number of nitrogens with zero attached hydrogens (tertiary/aromatic N) is 1. The second kappa shape index (κ2) is 2.88. The maximum Gasteiger partial charge on any atom is 0.276 e. The smallest absolute Gasteiger partial charge is 0.276 e. The van der Waals surface area contributed by atoms with E-state index in [0.717, 1.165) is 6.42 Å². The third-order valence-electron chi connectivity index (χ3n) is 2.33. The lowest BCUT2D eigenvalue weighted by Gasteiger charge is -2.03. The predicted octanol–water partition coefficient (Wildman–Crippen LogP) is 0.722. The van der Waals surface area contributed by atoms with Crippen LogP contribution in [0.4, 0.5) is 5.69 Å². The highest BCUT2D eigenvalue weighted by molar-refractivity contribution is 5.30. The van der Waals surface area contributed by atoms with E-state index in [0.29, 0.717) is 0 Å². The van der Waals surface area contributed by atoms with E-state index in [4.69, 9.17) is 10.5 Å². The minimum absolute atomic E-state index is 0.0456. The molecule has 1 heterocycles. The molecule has 1 aliphatic carbocycles. The van der Waals surface area contributed by atoms with Crippen LogP contribution in [0, 0.1) is 0 Å². The SMILES string of the molecule is CO[C@H]1C[C@@H]1n1cccc([NH])c1=O. The summed E-state index contributed by atoms with van der Waals surface area (Å²) in [6, 6.07) is 3.36. The molecule has 2 atom stereocenters. The van der Waals surface area contributed by atoms with Crippen LogP contribution in [0.25, 0.3) is 0 Å². The Morgan fingerprint density at radius 2 is 2.46 bits per heavy atom. The molecule has 4 heteroatoms. The summed E-state index contributed by atoms with van der Waals surface area (Å²) in [5.41, 5.74) is 7.15. The van der Waals surface area contributed by atoms with Crippen LogP contribution < -0.4 is 11.3 Å². The van der Waals surface area contributed by atoms with E-state index in [9.17, 15) is 4.79 Å². The molecular formula is C9H11N2O2. The highest BCUT2D eigenvalue weighted by Gasteiger charge is 2.39. The van der Waals surface area contributed by atoms with Crippen molar-refractivity contribution >= 4 is 5.69 Å². The molecular weight excluding hydrogens is 168 g/mol. The van der Waals surface area contributed by atoms with Crippen molar-refractivity contribution in [1.29, 1.82) is 0 Å². The number of hydrogen-bond acceptors (Lipinski definition) is 2. The van der Waals surface area contributed by atoms with E-state index in [2.05, 4.69) is 0 Å². The number of rotatable bonds is 2. The molecule has 0 saturated heterocycles. The minimum atomic E-state index is -0.230. The average Bonchev–Trinajstić information content (AvgIpc) is 2.89. The van der Waals surface area contributed by atoms with Gasteiger partial charge in [0.05, 0.1) is 12.1 Å². The highest BCUT2D eigenvalue weighted by Crippen LogP contribution is 2.37. The maximum atomic E-state index is 11.4. The first-order valence-corrected chi connectivity index (χ1v) is 4.19. The van der Waals surface area contributed by atoms with Gasteiger partial charge in [-0.3, -0.25) is 10.5 Å². The van der Waals surface area contributed by atoms with E-state index in [-0.39, 0.29) is 23.4 Å². The lowest BCUT2D eigenvalue weighted by Crippen LogP contribution is -2.19. The van der Waals surface area contributed by atoms with Crippen LogP contribution in [-0.2, 0) is 4.74 Å². The van der Waals surface area contributed by atoms with Gasteiger partial charge in [0, 0.05) is 13.3 Å². The Morgan fingerprint density at radius 1 is 1.69 bits per heavy atom. The summed E-state index contributed by atoms with van der Waals surface area (Å²) in [5, 5.41) is 0. The first-order valence-electron chi connectivity index (χ1n) is 4.19. The fourth-order valence-electron chi connectivity index (χ4n) is 1.48. The normalized spacial score (nSPS) is 25.9. The summed E-state index contributed by atoms with van der Waals surface area (Å²) in [7, 11) is 1.64. The van der Waals surface area contributed by atoms with Gasteiger partial charge in [0.2, 0.25) is 0 Å². The molecule has 1 radical (unpaired) electrons. The molecule has 13 heavy (non-hydrogen) atoms. The second-order valence-electron chi connectivity index (χ2n) is 3.21. The van der Waals surface area contributed by atoms with E-state index < -0.39 is 0 Å². The number of hydrogen-bond donors (Lipinski definition) is 0. The van der Waals surface area contributed by atoms with Crippen molar-refractivity contribution in [2.75, 3.05) is 7.11 Å². The molecule has 0 aromatic carbocycles. The van der Waals surface area contributed by atoms with Gasteiger partial charge in [0.15, 0.2) is 0 Å². The molecule has 1 N–H and O–H groups in total. The van der Waals surface area contributed by atoms with Crippen molar-refractivity contribution in [2.24, 2.45) is 0 Å². The molecule has 0 bridgehead atoms. The molecule has 1 fully saturated rings. The lowest BCUT2D eigenvalue weighted by atomic mass is 10.4. The zero-order valence-electron chi connectivity index (χ0n) is 7.36. The largest absolute Gasteiger partial charge is 0.379 e. The molecule has 1 aliphatic rings. The van der Waals surface area contributed by atoms with Crippen LogP contribution in [-0.4, -0.2) is 17.8 Å². The van der Waals surface area contributed by atoms with Crippen molar-refractivity contribution in [2.45, 2.75) is 18.6 Å². The van der Waals surface area contributed by atoms with Gasteiger partial charge >= 0.3 is 0 Å². The molecule has 0 aliphatic heterocycles. The van der Waals surface area contributed by atoms with Crippen molar-refractivity contribution in [3.8, 4) is 0 Å². The highest BCUT2D eigenvalue weighted by atomic mass is 16.5. The summed E-state index contributed by atoms with van der Waals surface area (Å²) < 4.78 is 6.68. The summed E-state index contributed by atoms with van der Waals surface area (Å²) in [6.07, 6.45) is 2.74. The number of aromatic nitrogens is 1. The molecule has 1 saturated carbocycles. The zero-order valence-corrected chi connectivity index (χ0v) is 7.36. The van der Waals surface area contributed by atoms with Gasteiger partial charge < -0.3 is 9.30 Å². The fourth-order valence-corrected chi connectivity index (χ4v) is 1.48. The predicted molar refractivity (Wildman–Crippen MR) is 47.9 cm³/mol. The van der Waals surface area contributed by atoms with Gasteiger partial charge in [-0.25, -0.2) is 0 Å². The molecule has 0 spiro atoms. The standard InChI is InChI=1S/C9H11N2O2/c1-13-8-5-7(8)11-4-2-3-6(10)9(11)12/h2-4,7-8,10H,5H2,1H3/t7-,8-/m0/s1. The number of nitrogens with one attached hydrogen (secondary N) is 1. The van der Waals surface area contributed by atoms with E-state index in [1.807, 2.05) is 0 Å². The van der Waals surface area contributed by atoms with Crippen LogP contribution in [0.3, 0.4) is 0 Å². The van der Waals surface area contributed by atoms with E-state index in [1.165, 1.54) is 6.07 Å². The number of methoxy groups -OCH3 is 1. The van der Waals surface area contributed by atoms with Gasteiger partial charge in [-0.05, 0) is 18.6 Å². The van der Waals surface area contributed by atoms with Gasteiger partial charge in [-0.2, -0.15) is 0 Å². The Bertz CT molecular complexity index is 372. The van der Waals surface area contributed by atoms with Crippen LogP contribution in [0.2, 0.25) is 0 Å². The molecule has 2 rings (SSSR count). The Morgan fingerprint density at radius 3 is 3.08 bits per heavy atom. The number of ether oxygens (including phenoxy) is 1. The molecule has 0 unspecified atom stereocenters. The van der Waals surface area contributed by atoms with Crippen LogP contribution in [0.1, 0.15) is 12.5 Å². The first kappa shape index (κ1) is 8.31. The summed E-state index contributed by atoms with van der Waals surface area (Å²) in [5.74, 6) is 0. The van der Waals surface area contributed by atoms with Crippen molar-refractivity contribution in [3.05, 3.63) is 28.7 Å². The van der Waals surface area contributed by atoms with Crippen LogP contribution >= 0.6 is 0 Å². The molecule has 69 valence electrons. The third-order valence-corrected chi connectivity index (χ3v) is 2.33. The number of pyridine rings is 1. The van der Waals surface area contributed by atoms with Gasteiger partial charge in [0.1, 0.15) is 5.69 Å². The van der Waals surface area contributed by atoms with Crippen LogP contribution in [0.15, 0.2) is 23.1 Å². The molecule has 1 aromatic rings. The van der Waals surface area contributed by atoms with E-state index >= 15 is 0 Å². The Balaban J connectivity index is 2.32. The molecule has 0 amide bonds. The van der Waals surface area contributed by atoms with Crippen molar-refractivity contribution < 1.29 is 4.74 Å². The van der Waals surface area contributed by atoms with E-state index in [1.54, 1.807) is 23.9 Å². The minimum Gasteiger partial charge on any atom is -0.379 e. The monoisotopic (exact) mass is 179 g/mol. The second-order valence-corrected chi connectivity index (χ2v) is 3.21. The van der Waals surface area contributed by atoms with Crippen molar-refractivity contribution in [1.82, 2.24) is 10.3 Å².